The fourth-order valence-electron chi connectivity index (χ4n) is 2.62. The number of nitrogens with zero attached hydrogens (tertiary/aromatic N) is 2. The summed E-state index contributed by atoms with van der Waals surface area (Å²) in [6, 6.07) is 15.7. The van der Waals surface area contributed by atoms with Crippen molar-refractivity contribution in [2.24, 2.45) is 0 Å². The molecule has 0 unspecified atom stereocenters. The van der Waals surface area contributed by atoms with Crippen molar-refractivity contribution in [2.75, 3.05) is 5.32 Å². The molecule has 1 aromatic heterocycles. The van der Waals surface area contributed by atoms with Crippen molar-refractivity contribution in [3.8, 4) is 6.07 Å². The van der Waals surface area contributed by atoms with Crippen LogP contribution in [0.4, 0.5) is 5.82 Å². The average Bonchev–Trinajstić information content (AvgIpc) is 2.81. The van der Waals surface area contributed by atoms with E-state index >= 15 is 0 Å². The highest BCUT2D eigenvalue weighted by Gasteiger charge is 2.52. The van der Waals surface area contributed by atoms with Crippen molar-refractivity contribution in [3.63, 3.8) is 0 Å². The number of hydrogen-bond donors (Lipinski definition) is 1. The summed E-state index contributed by atoms with van der Waals surface area (Å²) in [4.78, 5) is 4.41. The van der Waals surface area contributed by atoms with Crippen LogP contribution >= 0.6 is 0 Å². The van der Waals surface area contributed by atoms with Gasteiger partial charge in [-0.15, -0.1) is 0 Å². The molecule has 5 nitrogen and oxygen atoms in total. The first kappa shape index (κ1) is 17.5. The van der Waals surface area contributed by atoms with Gasteiger partial charge in [0.1, 0.15) is 17.6 Å². The Bertz CT molecular complexity index is 784. The Morgan fingerprint density at radius 1 is 1.04 bits per heavy atom. The first-order valence-electron chi connectivity index (χ1n) is 8.37. The minimum atomic E-state index is -0.525. The van der Waals surface area contributed by atoms with Gasteiger partial charge in [-0.1, -0.05) is 36.4 Å². The molecule has 0 amide bonds. The highest BCUT2D eigenvalue weighted by atomic mass is 16.7. The maximum absolute atomic E-state index is 9.17. The summed E-state index contributed by atoms with van der Waals surface area (Å²) in [7, 11) is -0.525. The molecule has 0 saturated carbocycles. The first-order chi connectivity index (χ1) is 11.8. The quantitative estimate of drug-likeness (QED) is 0.871. The van der Waals surface area contributed by atoms with Crippen LogP contribution in [0.2, 0.25) is 0 Å². The monoisotopic (exact) mass is 335 g/mol. The van der Waals surface area contributed by atoms with Crippen LogP contribution in [-0.2, 0) is 15.9 Å². The van der Waals surface area contributed by atoms with E-state index in [0.717, 1.165) is 11.0 Å². The first-order valence-corrected chi connectivity index (χ1v) is 8.37. The van der Waals surface area contributed by atoms with Gasteiger partial charge in [0.25, 0.3) is 0 Å². The van der Waals surface area contributed by atoms with Crippen LogP contribution in [0.1, 0.15) is 39.0 Å². The Labute approximate surface area is 149 Å². The molecular formula is C19H22BN3O2. The van der Waals surface area contributed by atoms with Gasteiger partial charge in [-0.3, -0.25) is 0 Å². The highest BCUT2D eigenvalue weighted by Crippen LogP contribution is 2.36. The number of pyridine rings is 1. The lowest BCUT2D eigenvalue weighted by molar-refractivity contribution is 0.00578. The molecule has 25 heavy (non-hydrogen) atoms. The molecule has 0 radical (unpaired) electrons. The minimum Gasteiger partial charge on any atom is -0.399 e. The topological polar surface area (TPSA) is 67.2 Å². The van der Waals surface area contributed by atoms with Crippen LogP contribution < -0.4 is 10.8 Å². The van der Waals surface area contributed by atoms with E-state index in [4.69, 9.17) is 14.6 Å². The maximum Gasteiger partial charge on any atom is 0.498 e. The number of rotatable bonds is 4. The van der Waals surface area contributed by atoms with Crippen LogP contribution in [0.5, 0.6) is 0 Å². The molecule has 1 fully saturated rings. The van der Waals surface area contributed by atoms with Gasteiger partial charge in [0.2, 0.25) is 0 Å². The van der Waals surface area contributed by atoms with E-state index in [1.54, 1.807) is 6.07 Å². The van der Waals surface area contributed by atoms with E-state index in [-0.39, 0.29) is 0 Å². The molecule has 1 N–H and O–H groups in total. The van der Waals surface area contributed by atoms with Gasteiger partial charge in [-0.25, -0.2) is 4.98 Å². The zero-order chi connectivity index (χ0) is 18.1. The number of anilines is 1. The third-order valence-corrected chi connectivity index (χ3v) is 4.85. The van der Waals surface area contributed by atoms with Gasteiger partial charge in [-0.2, -0.15) is 5.26 Å². The average molecular weight is 335 g/mol. The Hall–Kier alpha value is -2.36. The Morgan fingerprint density at radius 3 is 2.28 bits per heavy atom. The van der Waals surface area contributed by atoms with Crippen molar-refractivity contribution in [1.82, 2.24) is 4.98 Å². The largest absolute Gasteiger partial charge is 0.498 e. The smallest absolute Gasteiger partial charge is 0.399 e. The van der Waals surface area contributed by atoms with E-state index in [9.17, 15) is 0 Å². The third kappa shape index (κ3) is 3.53. The minimum absolute atomic E-state index is 0.357. The molecule has 0 aliphatic carbocycles. The highest BCUT2D eigenvalue weighted by molar-refractivity contribution is 6.63. The molecule has 1 aliphatic heterocycles. The van der Waals surface area contributed by atoms with E-state index in [1.807, 2.05) is 64.1 Å². The van der Waals surface area contributed by atoms with Gasteiger partial charge in [0.05, 0.1) is 11.2 Å². The zero-order valence-corrected chi connectivity index (χ0v) is 15.0. The molecule has 2 aromatic rings. The third-order valence-electron chi connectivity index (χ3n) is 4.85. The van der Waals surface area contributed by atoms with Crippen LogP contribution in [0.3, 0.4) is 0 Å². The van der Waals surface area contributed by atoms with Crippen molar-refractivity contribution in [3.05, 3.63) is 53.7 Å². The molecule has 0 spiro atoms. The second kappa shape index (κ2) is 6.51. The van der Waals surface area contributed by atoms with E-state index in [2.05, 4.69) is 16.4 Å². The second-order valence-electron chi connectivity index (χ2n) is 7.17. The molecule has 1 aliphatic rings. The van der Waals surface area contributed by atoms with Crippen molar-refractivity contribution >= 4 is 18.4 Å². The molecule has 6 heteroatoms. The lowest BCUT2D eigenvalue weighted by atomic mass is 9.79. The molecule has 128 valence electrons. The summed E-state index contributed by atoms with van der Waals surface area (Å²) >= 11 is 0. The molecule has 0 atom stereocenters. The number of nitriles is 1. The van der Waals surface area contributed by atoms with E-state index in [0.29, 0.717) is 18.1 Å². The van der Waals surface area contributed by atoms with Gasteiger partial charge in [0.15, 0.2) is 0 Å². The van der Waals surface area contributed by atoms with Gasteiger partial charge in [0, 0.05) is 12.0 Å². The van der Waals surface area contributed by atoms with Gasteiger partial charge in [-0.05, 0) is 39.3 Å². The summed E-state index contributed by atoms with van der Waals surface area (Å²) in [5.41, 5.74) is 1.43. The lowest BCUT2D eigenvalue weighted by Gasteiger charge is -2.32. The number of aromatic nitrogens is 1. The van der Waals surface area contributed by atoms with E-state index < -0.39 is 18.3 Å². The fraction of sp³-hybridized carbons (Fsp3) is 0.368. The zero-order valence-electron chi connectivity index (χ0n) is 15.0. The number of nitrogens with one attached hydrogen (secondary N) is 1. The summed E-state index contributed by atoms with van der Waals surface area (Å²) in [5, 5.41) is 12.5. The number of hydrogen-bond acceptors (Lipinski definition) is 5. The second-order valence-corrected chi connectivity index (χ2v) is 7.17. The SMILES string of the molecule is CC1(C)OB(c2ccc(C#N)nc2NCc2ccccc2)OC1(C)C. The fourth-order valence-corrected chi connectivity index (χ4v) is 2.62. The van der Waals surface area contributed by atoms with Crippen LogP contribution in [-0.4, -0.2) is 23.3 Å². The molecule has 2 heterocycles. The summed E-state index contributed by atoms with van der Waals surface area (Å²) < 4.78 is 12.3. The molecule has 1 saturated heterocycles. The Balaban J connectivity index is 1.88. The van der Waals surface area contributed by atoms with Crippen molar-refractivity contribution in [1.29, 1.82) is 5.26 Å². The Kier molecular flexibility index (Phi) is 4.55. The lowest BCUT2D eigenvalue weighted by Crippen LogP contribution is -2.41. The summed E-state index contributed by atoms with van der Waals surface area (Å²) in [5.74, 6) is 0.612. The standard InChI is InChI=1S/C19H22BN3O2/c1-18(2)19(3,4)25-20(24-18)16-11-10-15(12-21)23-17(16)22-13-14-8-6-5-7-9-14/h5-11H,13H2,1-4H3,(H,22,23). The van der Waals surface area contributed by atoms with Crippen molar-refractivity contribution < 1.29 is 9.31 Å². The molecule has 0 bridgehead atoms. The Morgan fingerprint density at radius 2 is 1.68 bits per heavy atom. The van der Waals surface area contributed by atoms with Gasteiger partial charge >= 0.3 is 7.12 Å². The predicted octanol–water partition coefficient (Wildman–Crippen LogP) is 2.86. The van der Waals surface area contributed by atoms with E-state index in [1.165, 1.54) is 0 Å². The van der Waals surface area contributed by atoms with Gasteiger partial charge < -0.3 is 14.6 Å². The predicted molar refractivity (Wildman–Crippen MR) is 98.4 cm³/mol. The molecule has 1 aromatic carbocycles. The normalized spacial score (nSPS) is 18.0. The summed E-state index contributed by atoms with van der Waals surface area (Å²) in [6.07, 6.45) is 0. The summed E-state index contributed by atoms with van der Waals surface area (Å²) in [6.45, 7) is 8.67. The maximum atomic E-state index is 9.17. The van der Waals surface area contributed by atoms with Crippen LogP contribution in [0.25, 0.3) is 0 Å². The molecular weight excluding hydrogens is 313 g/mol. The van der Waals surface area contributed by atoms with Crippen LogP contribution in [0, 0.1) is 11.3 Å². The molecule has 3 rings (SSSR count). The van der Waals surface area contributed by atoms with Crippen molar-refractivity contribution in [2.45, 2.75) is 45.4 Å². The number of benzene rings is 1. The van der Waals surface area contributed by atoms with Crippen LogP contribution in [0.15, 0.2) is 42.5 Å².